The van der Waals surface area contributed by atoms with Crippen molar-refractivity contribution in [1.82, 2.24) is 5.32 Å². The quantitative estimate of drug-likeness (QED) is 0.0204. The van der Waals surface area contributed by atoms with E-state index in [0.717, 1.165) is 44.9 Å². The van der Waals surface area contributed by atoms with Crippen LogP contribution in [0.4, 0.5) is 0 Å². The molecule has 12 unspecified atom stereocenters. The van der Waals surface area contributed by atoms with Crippen LogP contribution in [0.25, 0.3) is 0 Å². The van der Waals surface area contributed by atoms with Gasteiger partial charge in [-0.15, -0.1) is 0 Å². The molecule has 0 saturated carbocycles. The van der Waals surface area contributed by atoms with Gasteiger partial charge in [-0.3, -0.25) is 4.79 Å². The van der Waals surface area contributed by atoms with Crippen molar-refractivity contribution >= 4 is 5.91 Å². The smallest absolute Gasteiger partial charge is 0.220 e. The van der Waals surface area contributed by atoms with Crippen LogP contribution in [0.5, 0.6) is 0 Å². The van der Waals surface area contributed by atoms with Crippen molar-refractivity contribution in [3.8, 4) is 0 Å². The molecule has 1 amide bonds. The molecule has 12 atom stereocenters. The molecule has 2 fully saturated rings. The van der Waals surface area contributed by atoms with E-state index in [0.29, 0.717) is 0 Å². The summed E-state index contributed by atoms with van der Waals surface area (Å²) in [4.78, 5) is 13.4. The highest BCUT2D eigenvalue weighted by Crippen LogP contribution is 2.31. The standard InChI is InChI=1S/C85H165NO13/c1-3-5-7-9-11-13-15-17-19-21-23-25-27-29-31-33-34-35-36-37-38-39-40-41-43-45-47-49-51-53-55-57-59-61-63-65-67-69-77(90)86-73(72-96-84-82(95)80(93)83(76(71-88)98-84)99-85-81(94)79(92)78(91)75(70-87)97-85)74(89)68-66-64-62-60-58-56-54-52-50-48-46-44-42-32-30-28-26-24-22-20-18-16-14-12-10-8-6-4-2/h66,68,73-76,78-85,87-89,91-95H,3-65,67,69-72H2,1-2H3,(H,86,90)/b68-66+. The lowest BCUT2D eigenvalue weighted by atomic mass is 9.97. The van der Waals surface area contributed by atoms with Crippen LogP contribution in [0.2, 0.25) is 0 Å². The molecule has 14 heteroatoms. The van der Waals surface area contributed by atoms with Crippen molar-refractivity contribution < 1.29 is 64.6 Å². The molecule has 0 aliphatic carbocycles. The summed E-state index contributed by atoms with van der Waals surface area (Å²) in [6, 6.07) is -0.913. The Labute approximate surface area is 609 Å². The Hall–Kier alpha value is -1.27. The molecule has 0 aromatic carbocycles. The van der Waals surface area contributed by atoms with Crippen LogP contribution >= 0.6 is 0 Å². The zero-order valence-electron chi connectivity index (χ0n) is 64.8. The second-order valence-electron chi connectivity index (χ2n) is 31.0. The molecular weight excluding hydrogens is 1240 g/mol. The number of aliphatic hydroxyl groups excluding tert-OH is 8. The maximum atomic E-state index is 13.4. The number of nitrogens with one attached hydrogen (secondary N) is 1. The maximum absolute atomic E-state index is 13.4. The first-order chi connectivity index (χ1) is 48.6. The van der Waals surface area contributed by atoms with Crippen molar-refractivity contribution in [3.05, 3.63) is 12.2 Å². The van der Waals surface area contributed by atoms with Crippen molar-refractivity contribution in [1.29, 1.82) is 0 Å². The number of hydrogen-bond donors (Lipinski definition) is 9. The summed E-state index contributed by atoms with van der Waals surface area (Å²) in [7, 11) is 0. The molecule has 0 aromatic rings. The number of carbonyl (C=O) groups excluding carboxylic acids is 1. The van der Waals surface area contributed by atoms with Crippen molar-refractivity contribution in [2.24, 2.45) is 0 Å². The predicted octanol–water partition coefficient (Wildman–Crippen LogP) is 20.4. The number of amides is 1. The summed E-state index contributed by atoms with van der Waals surface area (Å²) < 4.78 is 23.0. The van der Waals surface area contributed by atoms with Crippen LogP contribution in [-0.4, -0.2) is 140 Å². The third-order valence-electron chi connectivity index (χ3n) is 21.7. The van der Waals surface area contributed by atoms with Gasteiger partial charge in [0.05, 0.1) is 32.0 Å². The third kappa shape index (κ3) is 52.4. The van der Waals surface area contributed by atoms with Gasteiger partial charge in [-0.05, 0) is 19.3 Å². The number of allylic oxidation sites excluding steroid dienone is 1. The second-order valence-corrected chi connectivity index (χ2v) is 31.0. The first-order valence-electron chi connectivity index (χ1n) is 43.4. The minimum atomic E-state index is -1.79. The van der Waals surface area contributed by atoms with E-state index < -0.39 is 86.8 Å². The Kier molecular flexibility index (Phi) is 66.1. The van der Waals surface area contributed by atoms with E-state index in [1.165, 1.54) is 366 Å². The first kappa shape index (κ1) is 93.8. The van der Waals surface area contributed by atoms with Crippen LogP contribution in [-0.2, 0) is 23.7 Å². The van der Waals surface area contributed by atoms with E-state index >= 15 is 0 Å². The third-order valence-corrected chi connectivity index (χ3v) is 21.7. The summed E-state index contributed by atoms with van der Waals surface area (Å²) in [5.74, 6) is -0.228. The zero-order valence-corrected chi connectivity index (χ0v) is 64.8. The van der Waals surface area contributed by atoms with E-state index in [4.69, 9.17) is 18.9 Å². The van der Waals surface area contributed by atoms with Gasteiger partial charge in [0.15, 0.2) is 12.6 Å². The Balaban J connectivity index is 1.57. The minimum Gasteiger partial charge on any atom is -0.394 e. The molecule has 2 aliphatic heterocycles. The van der Waals surface area contributed by atoms with Crippen molar-refractivity contribution in [3.63, 3.8) is 0 Å². The van der Waals surface area contributed by atoms with Gasteiger partial charge in [-0.1, -0.05) is 418 Å². The average Bonchev–Trinajstić information content (AvgIpc) is 0.798. The normalized spacial score (nSPS) is 21.9. The summed E-state index contributed by atoms with van der Waals surface area (Å²) >= 11 is 0. The molecule has 0 radical (unpaired) electrons. The van der Waals surface area contributed by atoms with E-state index in [1.54, 1.807) is 6.08 Å². The number of rotatable bonds is 75. The molecular formula is C85H165NO13. The first-order valence-corrected chi connectivity index (χ1v) is 43.4. The highest BCUT2D eigenvalue weighted by molar-refractivity contribution is 5.76. The van der Waals surface area contributed by atoms with Crippen LogP contribution in [0.3, 0.4) is 0 Å². The van der Waals surface area contributed by atoms with Gasteiger partial charge in [0, 0.05) is 6.42 Å². The van der Waals surface area contributed by atoms with Gasteiger partial charge >= 0.3 is 0 Å². The fourth-order valence-electron chi connectivity index (χ4n) is 14.9. The molecule has 0 aromatic heterocycles. The number of aliphatic hydroxyl groups is 8. The molecule has 2 saturated heterocycles. The molecule has 99 heavy (non-hydrogen) atoms. The largest absolute Gasteiger partial charge is 0.394 e. The van der Waals surface area contributed by atoms with E-state index in [1.807, 2.05) is 6.08 Å². The molecule has 9 N–H and O–H groups in total. The van der Waals surface area contributed by atoms with Crippen molar-refractivity contribution in [2.45, 2.75) is 505 Å². The lowest BCUT2D eigenvalue weighted by molar-refractivity contribution is -0.359. The molecule has 0 spiro atoms. The number of carbonyl (C=O) groups is 1. The van der Waals surface area contributed by atoms with E-state index in [9.17, 15) is 45.6 Å². The number of hydrogen-bond acceptors (Lipinski definition) is 13. The lowest BCUT2D eigenvalue weighted by Gasteiger charge is -2.46. The van der Waals surface area contributed by atoms with Gasteiger partial charge in [0.2, 0.25) is 5.91 Å². The Morgan fingerprint density at radius 1 is 0.354 bits per heavy atom. The average molecular weight is 1410 g/mol. The highest BCUT2D eigenvalue weighted by atomic mass is 16.7. The molecule has 2 aliphatic rings. The Morgan fingerprint density at radius 3 is 0.929 bits per heavy atom. The topological polar surface area (TPSA) is 228 Å². The summed E-state index contributed by atoms with van der Waals surface area (Å²) in [5.41, 5.74) is 0. The van der Waals surface area contributed by atoms with Gasteiger partial charge < -0.3 is 65.1 Å². The maximum Gasteiger partial charge on any atom is 0.220 e. The molecule has 14 nitrogen and oxygen atoms in total. The van der Waals surface area contributed by atoms with Gasteiger partial charge in [-0.25, -0.2) is 0 Å². The van der Waals surface area contributed by atoms with Gasteiger partial charge in [0.1, 0.15) is 48.8 Å². The molecule has 2 heterocycles. The lowest BCUT2D eigenvalue weighted by Crippen LogP contribution is -2.65. The summed E-state index contributed by atoms with van der Waals surface area (Å²) in [6.45, 7) is 2.89. The molecule has 2 rings (SSSR count). The van der Waals surface area contributed by atoms with Gasteiger partial charge in [-0.2, -0.15) is 0 Å². The van der Waals surface area contributed by atoms with E-state index in [-0.39, 0.29) is 18.9 Å². The highest BCUT2D eigenvalue weighted by Gasteiger charge is 2.51. The predicted molar refractivity (Wildman–Crippen MR) is 411 cm³/mol. The second kappa shape index (κ2) is 69.8. The molecule has 588 valence electrons. The Morgan fingerprint density at radius 2 is 0.626 bits per heavy atom. The molecule has 0 bridgehead atoms. The van der Waals surface area contributed by atoms with Gasteiger partial charge in [0.25, 0.3) is 0 Å². The van der Waals surface area contributed by atoms with Crippen LogP contribution in [0.1, 0.15) is 431 Å². The van der Waals surface area contributed by atoms with Crippen LogP contribution < -0.4 is 5.32 Å². The van der Waals surface area contributed by atoms with Crippen LogP contribution in [0.15, 0.2) is 12.2 Å². The summed E-state index contributed by atoms with van der Waals surface area (Å²) in [5, 5.41) is 87.8. The monoisotopic (exact) mass is 1410 g/mol. The Bertz CT molecular complexity index is 1710. The summed E-state index contributed by atoms with van der Waals surface area (Å²) in [6.07, 6.45) is 73.3. The van der Waals surface area contributed by atoms with Crippen molar-refractivity contribution in [2.75, 3.05) is 19.8 Å². The zero-order chi connectivity index (χ0) is 71.5. The number of unbranched alkanes of at least 4 members (excludes halogenated alkanes) is 62. The van der Waals surface area contributed by atoms with E-state index in [2.05, 4.69) is 19.2 Å². The SMILES string of the molecule is CCCCCCCCCCCCCCCCCCCCCCCCCCCC/C=C/C(O)C(COC1OC(CO)C(OC2OC(CO)C(O)C(O)C2O)C(O)C1O)NC(=O)CCCCCCCCCCCCCCCCCCCCCCCCCCCCCCCCCCCCCCC. The fourth-order valence-corrected chi connectivity index (χ4v) is 14.9. The fraction of sp³-hybridized carbons (Fsp3) is 0.965. The number of ether oxygens (including phenoxy) is 4. The minimum absolute atomic E-state index is 0.228. The van der Waals surface area contributed by atoms with Crippen LogP contribution in [0, 0.1) is 0 Å².